The number of hydrogen-bond donors (Lipinski definition) is 1. The van der Waals surface area contributed by atoms with E-state index < -0.39 is 0 Å². The molecule has 22 heavy (non-hydrogen) atoms. The lowest BCUT2D eigenvalue weighted by atomic mass is 10.0. The maximum atomic E-state index is 12.2. The number of aryl methyl sites for hydroxylation is 2. The molecule has 124 valence electrons. The molecule has 1 aliphatic rings. The molecule has 1 aromatic heterocycles. The Kier molecular flexibility index (Phi) is 6.20. The van der Waals surface area contributed by atoms with Gasteiger partial charge in [0.15, 0.2) is 0 Å². The molecule has 2 rings (SSSR count). The van der Waals surface area contributed by atoms with Gasteiger partial charge in [0.25, 0.3) is 0 Å². The monoisotopic (exact) mass is 325 g/mol. The average Bonchev–Trinajstić information content (AvgIpc) is 2.92. The summed E-state index contributed by atoms with van der Waals surface area (Å²) in [5.74, 6) is 0. The van der Waals surface area contributed by atoms with Crippen LogP contribution in [-0.4, -0.2) is 47.8 Å². The third-order valence-electron chi connectivity index (χ3n) is 4.13. The second-order valence-corrected chi connectivity index (χ2v) is 7.09. The fourth-order valence-corrected chi connectivity index (χ4v) is 3.36. The first kappa shape index (κ1) is 17.2. The van der Waals surface area contributed by atoms with E-state index in [0.29, 0.717) is 19.7 Å². The van der Waals surface area contributed by atoms with Gasteiger partial charge in [-0.3, -0.25) is 0 Å². The van der Waals surface area contributed by atoms with Gasteiger partial charge in [-0.2, -0.15) is 0 Å². The molecule has 1 aromatic rings. The van der Waals surface area contributed by atoms with Crippen molar-refractivity contribution in [1.29, 1.82) is 0 Å². The number of nitrogens with one attached hydrogen (secondary N) is 1. The number of urea groups is 1. The minimum atomic E-state index is -0.196. The van der Waals surface area contributed by atoms with Crippen LogP contribution in [0.3, 0.4) is 0 Å². The van der Waals surface area contributed by atoms with Crippen LogP contribution in [0.15, 0.2) is 5.38 Å². The molecule has 0 bridgehead atoms. The number of carbonyl (C=O) groups excluding carboxylic acids is 1. The molecule has 1 fully saturated rings. The molecule has 1 unspecified atom stereocenters. The van der Waals surface area contributed by atoms with E-state index in [-0.39, 0.29) is 11.6 Å². The predicted octanol–water partition coefficient (Wildman–Crippen LogP) is 2.98. The molecule has 0 aromatic carbocycles. The summed E-state index contributed by atoms with van der Waals surface area (Å²) in [4.78, 5) is 18.5. The maximum absolute atomic E-state index is 12.2. The topological polar surface area (TPSA) is 54.5 Å². The first-order chi connectivity index (χ1) is 10.5. The van der Waals surface area contributed by atoms with Crippen molar-refractivity contribution in [3.05, 3.63) is 16.1 Å². The summed E-state index contributed by atoms with van der Waals surface area (Å²) in [5, 5.41) is 6.29. The number of ether oxygens (including phenoxy) is 1. The Morgan fingerprint density at radius 3 is 3.05 bits per heavy atom. The van der Waals surface area contributed by atoms with E-state index in [1.54, 1.807) is 11.3 Å². The second kappa shape index (κ2) is 7.92. The van der Waals surface area contributed by atoms with E-state index in [2.05, 4.69) is 29.5 Å². The lowest BCUT2D eigenvalue weighted by Gasteiger charge is -2.39. The van der Waals surface area contributed by atoms with Gasteiger partial charge in [-0.05, 0) is 39.5 Å². The van der Waals surface area contributed by atoms with Gasteiger partial charge in [-0.25, -0.2) is 9.78 Å². The molecule has 6 heteroatoms. The van der Waals surface area contributed by atoms with Gasteiger partial charge < -0.3 is 15.0 Å². The second-order valence-electron chi connectivity index (χ2n) is 6.15. The molecule has 0 saturated carbocycles. The number of carbonyl (C=O) groups is 1. The fraction of sp³-hybridized carbons (Fsp3) is 0.750. The van der Waals surface area contributed by atoms with Crippen molar-refractivity contribution in [2.45, 2.75) is 52.1 Å². The minimum absolute atomic E-state index is 0.0352. The Morgan fingerprint density at radius 1 is 1.55 bits per heavy atom. The predicted molar refractivity (Wildman–Crippen MR) is 89.4 cm³/mol. The smallest absolute Gasteiger partial charge is 0.317 e. The van der Waals surface area contributed by atoms with Crippen LogP contribution in [0.4, 0.5) is 4.79 Å². The summed E-state index contributed by atoms with van der Waals surface area (Å²) in [6.45, 7) is 8.90. The van der Waals surface area contributed by atoms with Gasteiger partial charge >= 0.3 is 6.03 Å². The van der Waals surface area contributed by atoms with Crippen molar-refractivity contribution in [2.75, 3.05) is 26.2 Å². The van der Waals surface area contributed by atoms with Crippen LogP contribution >= 0.6 is 11.3 Å². The molecule has 2 amide bonds. The van der Waals surface area contributed by atoms with Crippen molar-refractivity contribution >= 4 is 17.4 Å². The average molecular weight is 325 g/mol. The van der Waals surface area contributed by atoms with Crippen LogP contribution in [0.25, 0.3) is 0 Å². The zero-order valence-electron chi connectivity index (χ0n) is 13.9. The Morgan fingerprint density at radius 2 is 2.36 bits per heavy atom. The Balaban J connectivity index is 1.63. The van der Waals surface area contributed by atoms with Gasteiger partial charge in [-0.15, -0.1) is 11.3 Å². The van der Waals surface area contributed by atoms with Gasteiger partial charge in [-0.1, -0.05) is 6.92 Å². The number of rotatable bonds is 6. The standard InChI is InChI=1S/C16H27N3O2S/c1-4-16(3)12-19(9-10-21-16)15(20)17-8-6-5-7-14-18-13(2)11-22-14/h11H,4-10,12H2,1-3H3,(H,17,20). The fourth-order valence-electron chi connectivity index (χ4n) is 2.54. The van der Waals surface area contributed by atoms with Gasteiger partial charge in [0, 0.05) is 24.2 Å². The van der Waals surface area contributed by atoms with E-state index in [1.165, 1.54) is 5.01 Å². The van der Waals surface area contributed by atoms with E-state index in [9.17, 15) is 4.79 Å². The molecule has 0 aliphatic carbocycles. The number of amides is 2. The number of aromatic nitrogens is 1. The van der Waals surface area contributed by atoms with Crippen LogP contribution < -0.4 is 5.32 Å². The Labute approximate surface area is 137 Å². The van der Waals surface area contributed by atoms with E-state index >= 15 is 0 Å². The quantitative estimate of drug-likeness (QED) is 0.818. The van der Waals surface area contributed by atoms with Crippen molar-refractivity contribution < 1.29 is 9.53 Å². The summed E-state index contributed by atoms with van der Waals surface area (Å²) < 4.78 is 5.76. The highest BCUT2D eigenvalue weighted by Crippen LogP contribution is 2.20. The minimum Gasteiger partial charge on any atom is -0.372 e. The summed E-state index contributed by atoms with van der Waals surface area (Å²) in [6, 6.07) is 0.0352. The third-order valence-corrected chi connectivity index (χ3v) is 5.16. The van der Waals surface area contributed by atoms with E-state index in [0.717, 1.165) is 37.9 Å². The van der Waals surface area contributed by atoms with Crippen LogP contribution in [0, 0.1) is 6.92 Å². The van der Waals surface area contributed by atoms with Gasteiger partial charge in [0.2, 0.25) is 0 Å². The van der Waals surface area contributed by atoms with Crippen molar-refractivity contribution in [2.24, 2.45) is 0 Å². The summed E-state index contributed by atoms with van der Waals surface area (Å²) in [7, 11) is 0. The molecule has 1 N–H and O–H groups in total. The summed E-state index contributed by atoms with van der Waals surface area (Å²) in [6.07, 6.45) is 3.96. The summed E-state index contributed by atoms with van der Waals surface area (Å²) in [5.41, 5.74) is 0.901. The van der Waals surface area contributed by atoms with Crippen LogP contribution in [0.5, 0.6) is 0 Å². The lowest BCUT2D eigenvalue weighted by Crippen LogP contribution is -2.54. The highest BCUT2D eigenvalue weighted by Gasteiger charge is 2.32. The Hall–Kier alpha value is -1.14. The first-order valence-electron chi connectivity index (χ1n) is 8.10. The van der Waals surface area contributed by atoms with Crippen molar-refractivity contribution in [1.82, 2.24) is 15.2 Å². The van der Waals surface area contributed by atoms with Crippen LogP contribution in [0.1, 0.15) is 43.8 Å². The highest BCUT2D eigenvalue weighted by molar-refractivity contribution is 7.09. The van der Waals surface area contributed by atoms with E-state index in [1.807, 2.05) is 11.8 Å². The van der Waals surface area contributed by atoms with Crippen LogP contribution in [0.2, 0.25) is 0 Å². The molecule has 0 spiro atoms. The van der Waals surface area contributed by atoms with Crippen molar-refractivity contribution in [3.63, 3.8) is 0 Å². The molecule has 1 atom stereocenters. The molecule has 0 radical (unpaired) electrons. The number of hydrogen-bond acceptors (Lipinski definition) is 4. The molecular weight excluding hydrogens is 298 g/mol. The third kappa shape index (κ3) is 4.95. The Bertz CT molecular complexity index is 491. The molecule has 5 nitrogen and oxygen atoms in total. The van der Waals surface area contributed by atoms with Crippen LogP contribution in [-0.2, 0) is 11.2 Å². The molecule has 1 aliphatic heterocycles. The summed E-state index contributed by atoms with van der Waals surface area (Å²) >= 11 is 1.72. The molecule has 1 saturated heterocycles. The largest absolute Gasteiger partial charge is 0.372 e. The maximum Gasteiger partial charge on any atom is 0.317 e. The van der Waals surface area contributed by atoms with E-state index in [4.69, 9.17) is 4.74 Å². The number of morpholine rings is 1. The van der Waals surface area contributed by atoms with Crippen molar-refractivity contribution in [3.8, 4) is 0 Å². The first-order valence-corrected chi connectivity index (χ1v) is 8.98. The lowest BCUT2D eigenvalue weighted by molar-refractivity contribution is -0.0872. The molecule has 2 heterocycles. The number of thiazole rings is 1. The number of nitrogens with zero attached hydrogens (tertiary/aromatic N) is 2. The zero-order chi connectivity index (χ0) is 16.0. The van der Waals surface area contributed by atoms with Gasteiger partial charge in [0.1, 0.15) is 0 Å². The van der Waals surface area contributed by atoms with Gasteiger partial charge in [0.05, 0.1) is 23.8 Å². The normalized spacial score (nSPS) is 21.9. The zero-order valence-corrected chi connectivity index (χ0v) is 14.7. The number of unbranched alkanes of at least 4 members (excludes halogenated alkanes) is 1. The molecular formula is C16H27N3O2S. The highest BCUT2D eigenvalue weighted by atomic mass is 32.1. The SMILES string of the molecule is CCC1(C)CN(C(=O)NCCCCc2nc(C)cs2)CCO1.